The van der Waals surface area contributed by atoms with E-state index >= 15 is 0 Å². The number of benzene rings is 3. The third kappa shape index (κ3) is 3.05. The van der Waals surface area contributed by atoms with Gasteiger partial charge in [-0.05, 0) is 16.7 Å². The van der Waals surface area contributed by atoms with Crippen molar-refractivity contribution in [2.75, 3.05) is 0 Å². The Hall–Kier alpha value is -3.79. The van der Waals surface area contributed by atoms with Gasteiger partial charge in [0.05, 0.1) is 19.0 Å². The van der Waals surface area contributed by atoms with Crippen LogP contribution in [-0.4, -0.2) is 21.7 Å². The number of fused-ring (bicyclic) bond motifs is 3. The Morgan fingerprint density at radius 3 is 2.04 bits per heavy atom. The molecule has 0 unspecified atom stereocenters. The molecule has 134 valence electrons. The average molecular weight is 362 g/mol. The minimum absolute atomic E-state index is 0.740. The largest absolute Gasteiger partial charge is 0.268 e. The summed E-state index contributed by atoms with van der Waals surface area (Å²) in [6.07, 6.45) is 5.54. The highest BCUT2D eigenvalue weighted by molar-refractivity contribution is 6.24. The first-order valence-corrected chi connectivity index (χ1v) is 9.25. The van der Waals surface area contributed by atoms with Gasteiger partial charge in [-0.2, -0.15) is 10.2 Å². The summed E-state index contributed by atoms with van der Waals surface area (Å²) in [7, 11) is 0. The highest BCUT2D eigenvalue weighted by Crippen LogP contribution is 2.36. The molecule has 4 nitrogen and oxygen atoms in total. The zero-order valence-electron chi connectivity index (χ0n) is 15.2. The van der Waals surface area contributed by atoms with Crippen LogP contribution < -0.4 is 0 Å². The summed E-state index contributed by atoms with van der Waals surface area (Å²) in [6, 6.07) is 26.9. The molecule has 0 bridgehead atoms. The molecule has 3 aromatic carbocycles. The summed E-state index contributed by atoms with van der Waals surface area (Å²) in [4.78, 5) is 0. The van der Waals surface area contributed by atoms with Gasteiger partial charge in [-0.3, -0.25) is 4.68 Å². The van der Waals surface area contributed by atoms with Gasteiger partial charge in [-0.15, -0.1) is 5.10 Å². The Kier molecular flexibility index (Phi) is 4.14. The molecule has 28 heavy (non-hydrogen) atoms. The summed E-state index contributed by atoms with van der Waals surface area (Å²) in [5.74, 6) is 0. The summed E-state index contributed by atoms with van der Waals surface area (Å²) in [6.45, 7) is 0.740. The van der Waals surface area contributed by atoms with Crippen LogP contribution in [0.15, 0.2) is 101 Å². The summed E-state index contributed by atoms with van der Waals surface area (Å²) < 4.78 is 1.91. The van der Waals surface area contributed by atoms with Crippen molar-refractivity contribution < 1.29 is 0 Å². The lowest BCUT2D eigenvalue weighted by Gasteiger charge is -2.00. The molecule has 0 saturated carbocycles. The van der Waals surface area contributed by atoms with Crippen LogP contribution in [-0.2, 0) is 6.54 Å². The fraction of sp³-hybridized carbons (Fsp3) is 0.0417. The third-order valence-corrected chi connectivity index (χ3v) is 4.86. The van der Waals surface area contributed by atoms with Crippen LogP contribution in [0.5, 0.6) is 0 Å². The fourth-order valence-electron chi connectivity index (χ4n) is 3.56. The topological polar surface area (TPSA) is 42.5 Å². The SMILES string of the molecule is C(=N/N=C1c2ccccc2-c2ccccc21)/c1cnn(Cc2ccccc2)c1. The molecule has 1 aliphatic rings. The second-order valence-corrected chi connectivity index (χ2v) is 6.74. The number of rotatable bonds is 4. The lowest BCUT2D eigenvalue weighted by atomic mass is 10.1. The van der Waals surface area contributed by atoms with Crippen LogP contribution in [0.1, 0.15) is 22.3 Å². The zero-order chi connectivity index (χ0) is 18.8. The maximum Gasteiger partial charge on any atom is 0.101 e. The first-order valence-electron chi connectivity index (χ1n) is 9.25. The van der Waals surface area contributed by atoms with Crippen molar-refractivity contribution in [2.24, 2.45) is 10.2 Å². The normalized spacial score (nSPS) is 12.2. The number of hydrogen-bond acceptors (Lipinski definition) is 3. The van der Waals surface area contributed by atoms with Crippen molar-refractivity contribution >= 4 is 11.9 Å². The van der Waals surface area contributed by atoms with Crippen LogP contribution in [0, 0.1) is 0 Å². The van der Waals surface area contributed by atoms with E-state index in [4.69, 9.17) is 0 Å². The van der Waals surface area contributed by atoms with Gasteiger partial charge in [-0.25, -0.2) is 0 Å². The van der Waals surface area contributed by atoms with Gasteiger partial charge in [0.15, 0.2) is 0 Å². The monoisotopic (exact) mass is 362 g/mol. The second kappa shape index (κ2) is 7.08. The van der Waals surface area contributed by atoms with Gasteiger partial charge in [0.1, 0.15) is 5.71 Å². The Morgan fingerprint density at radius 2 is 1.36 bits per heavy atom. The van der Waals surface area contributed by atoms with Crippen LogP contribution in [0.4, 0.5) is 0 Å². The molecule has 1 aliphatic carbocycles. The first kappa shape index (κ1) is 16.4. The molecule has 5 rings (SSSR count). The Morgan fingerprint density at radius 1 is 0.750 bits per heavy atom. The molecule has 1 aromatic heterocycles. The Labute approximate surface area is 163 Å². The van der Waals surface area contributed by atoms with Crippen molar-refractivity contribution in [3.8, 4) is 11.1 Å². The molecule has 0 radical (unpaired) electrons. The van der Waals surface area contributed by atoms with E-state index in [0.29, 0.717) is 0 Å². The van der Waals surface area contributed by atoms with E-state index in [9.17, 15) is 0 Å². The van der Waals surface area contributed by atoms with Gasteiger partial charge < -0.3 is 0 Å². The van der Waals surface area contributed by atoms with Crippen molar-refractivity contribution in [2.45, 2.75) is 6.54 Å². The maximum atomic E-state index is 4.54. The van der Waals surface area contributed by atoms with E-state index in [1.807, 2.05) is 47.4 Å². The lowest BCUT2D eigenvalue weighted by molar-refractivity contribution is 0.687. The highest BCUT2D eigenvalue weighted by Gasteiger charge is 2.23. The molecule has 0 spiro atoms. The van der Waals surface area contributed by atoms with Gasteiger partial charge >= 0.3 is 0 Å². The number of aromatic nitrogens is 2. The molecule has 0 amide bonds. The number of nitrogens with zero attached hydrogens (tertiary/aromatic N) is 4. The lowest BCUT2D eigenvalue weighted by Crippen LogP contribution is -1.99. The molecule has 4 aromatic rings. The molecule has 4 heteroatoms. The van der Waals surface area contributed by atoms with Gasteiger partial charge in [0.2, 0.25) is 0 Å². The van der Waals surface area contributed by atoms with E-state index in [1.54, 1.807) is 6.21 Å². The maximum absolute atomic E-state index is 4.54. The molecule has 0 N–H and O–H groups in total. The standard InChI is InChI=1S/C24H18N4/c1-2-8-18(9-3-1)16-28-17-19(15-26-28)14-25-27-24-22-12-6-4-10-20(22)21-11-5-7-13-23(21)24/h1-15,17H,16H2/b25-14-. The molecule has 0 atom stereocenters. The Balaban J connectivity index is 1.40. The summed E-state index contributed by atoms with van der Waals surface area (Å²) in [5, 5.41) is 13.3. The zero-order valence-corrected chi connectivity index (χ0v) is 15.2. The summed E-state index contributed by atoms with van der Waals surface area (Å²) >= 11 is 0. The second-order valence-electron chi connectivity index (χ2n) is 6.74. The molecular weight excluding hydrogens is 344 g/mol. The molecular formula is C24H18N4. The Bertz CT molecular complexity index is 1140. The smallest absolute Gasteiger partial charge is 0.101 e. The van der Waals surface area contributed by atoms with Crippen molar-refractivity contribution in [1.82, 2.24) is 9.78 Å². The van der Waals surface area contributed by atoms with Crippen LogP contribution >= 0.6 is 0 Å². The molecule has 0 fully saturated rings. The van der Waals surface area contributed by atoms with Gasteiger partial charge in [-0.1, -0.05) is 78.9 Å². The van der Waals surface area contributed by atoms with Gasteiger partial charge in [0, 0.05) is 22.9 Å². The van der Waals surface area contributed by atoms with Gasteiger partial charge in [0.25, 0.3) is 0 Å². The van der Waals surface area contributed by atoms with Crippen molar-refractivity contribution in [3.05, 3.63) is 114 Å². The average Bonchev–Trinajstić information content (AvgIpc) is 3.32. The summed E-state index contributed by atoms with van der Waals surface area (Å²) in [5.41, 5.74) is 7.74. The predicted molar refractivity (Wildman–Crippen MR) is 113 cm³/mol. The first-order chi connectivity index (χ1) is 13.9. The van der Waals surface area contributed by atoms with Crippen LogP contribution in [0.2, 0.25) is 0 Å². The van der Waals surface area contributed by atoms with Crippen molar-refractivity contribution in [1.29, 1.82) is 0 Å². The van der Waals surface area contributed by atoms with Crippen LogP contribution in [0.3, 0.4) is 0 Å². The molecule has 1 heterocycles. The van der Waals surface area contributed by atoms with E-state index in [1.165, 1.54) is 16.7 Å². The minimum Gasteiger partial charge on any atom is -0.268 e. The quantitative estimate of drug-likeness (QED) is 0.335. The third-order valence-electron chi connectivity index (χ3n) is 4.86. The van der Waals surface area contributed by atoms with E-state index in [2.05, 4.69) is 63.8 Å². The van der Waals surface area contributed by atoms with E-state index < -0.39 is 0 Å². The van der Waals surface area contributed by atoms with Crippen molar-refractivity contribution in [3.63, 3.8) is 0 Å². The van der Waals surface area contributed by atoms with E-state index in [0.717, 1.165) is 28.9 Å². The number of hydrogen-bond donors (Lipinski definition) is 0. The minimum atomic E-state index is 0.740. The van der Waals surface area contributed by atoms with Crippen LogP contribution in [0.25, 0.3) is 11.1 Å². The highest BCUT2D eigenvalue weighted by atomic mass is 15.3. The van der Waals surface area contributed by atoms with E-state index in [-0.39, 0.29) is 0 Å². The molecule has 0 saturated heterocycles. The fourth-order valence-corrected chi connectivity index (χ4v) is 3.56. The molecule has 0 aliphatic heterocycles. The predicted octanol–water partition coefficient (Wildman–Crippen LogP) is 4.78.